The first kappa shape index (κ1) is 15.5. The zero-order chi connectivity index (χ0) is 15.3. The van der Waals surface area contributed by atoms with Gasteiger partial charge >= 0.3 is 0 Å². The fraction of sp³-hybridized carbons (Fsp3) is 0.0714. The van der Waals surface area contributed by atoms with Crippen LogP contribution < -0.4 is 10.0 Å². The smallest absolute Gasteiger partial charge is 0.263 e. The van der Waals surface area contributed by atoms with E-state index in [1.54, 1.807) is 36.5 Å². The lowest BCUT2D eigenvalue weighted by Gasteiger charge is -2.08. The minimum absolute atomic E-state index is 0.182. The molecule has 0 spiro atoms. The second-order valence-electron chi connectivity index (χ2n) is 4.16. The third-order valence-corrected chi connectivity index (χ3v) is 4.48. The molecule has 7 heteroatoms. The molecule has 2 rings (SSSR count). The van der Waals surface area contributed by atoms with Crippen LogP contribution in [0.5, 0.6) is 0 Å². The second kappa shape index (κ2) is 6.73. The largest absolute Gasteiger partial charge is 0.380 e. The molecule has 0 aliphatic carbocycles. The van der Waals surface area contributed by atoms with E-state index in [1.165, 1.54) is 12.1 Å². The molecule has 0 radical (unpaired) electrons. The number of hydrogen-bond donors (Lipinski definition) is 2. The van der Waals surface area contributed by atoms with Crippen LogP contribution in [0.25, 0.3) is 0 Å². The highest BCUT2D eigenvalue weighted by atomic mass is 79.9. The van der Waals surface area contributed by atoms with Crippen LogP contribution in [0.3, 0.4) is 0 Å². The summed E-state index contributed by atoms with van der Waals surface area (Å²) >= 11 is 3.27. The number of benzene rings is 1. The van der Waals surface area contributed by atoms with Crippen molar-refractivity contribution in [2.45, 2.75) is 4.90 Å². The zero-order valence-corrected chi connectivity index (χ0v) is 13.5. The van der Waals surface area contributed by atoms with Gasteiger partial charge in [-0.15, -0.1) is 6.58 Å². The third-order valence-electron chi connectivity index (χ3n) is 2.58. The molecule has 0 aliphatic rings. The predicted octanol–water partition coefficient (Wildman–Crippen LogP) is 3.24. The maximum Gasteiger partial charge on any atom is 0.263 e. The minimum atomic E-state index is -3.63. The van der Waals surface area contributed by atoms with Crippen LogP contribution in [0, 0.1) is 0 Å². The van der Waals surface area contributed by atoms with Crippen molar-refractivity contribution >= 4 is 37.5 Å². The molecule has 0 aliphatic heterocycles. The van der Waals surface area contributed by atoms with E-state index in [-0.39, 0.29) is 10.7 Å². The van der Waals surface area contributed by atoms with Crippen LogP contribution in [0.15, 0.2) is 64.6 Å². The summed E-state index contributed by atoms with van der Waals surface area (Å²) in [7, 11) is -3.63. The first-order valence-corrected chi connectivity index (χ1v) is 8.38. The average Bonchev–Trinajstić information content (AvgIpc) is 2.47. The Balaban J connectivity index is 2.13. The Labute approximate surface area is 132 Å². The third kappa shape index (κ3) is 4.30. The molecule has 1 heterocycles. The van der Waals surface area contributed by atoms with E-state index >= 15 is 0 Å². The van der Waals surface area contributed by atoms with Crippen molar-refractivity contribution in [2.75, 3.05) is 16.6 Å². The second-order valence-corrected chi connectivity index (χ2v) is 6.76. The van der Waals surface area contributed by atoms with Gasteiger partial charge in [0.15, 0.2) is 0 Å². The number of anilines is 2. The molecule has 5 nitrogen and oxygen atoms in total. The van der Waals surface area contributed by atoms with Crippen LogP contribution in [-0.4, -0.2) is 19.9 Å². The monoisotopic (exact) mass is 367 g/mol. The molecule has 110 valence electrons. The highest BCUT2D eigenvalue weighted by Gasteiger charge is 2.14. The van der Waals surface area contributed by atoms with E-state index in [4.69, 9.17) is 0 Å². The van der Waals surface area contributed by atoms with Gasteiger partial charge in [0.1, 0.15) is 5.82 Å². The molecule has 1 aromatic carbocycles. The van der Waals surface area contributed by atoms with E-state index in [1.807, 2.05) is 0 Å². The van der Waals surface area contributed by atoms with Gasteiger partial charge in [0.05, 0.1) is 16.8 Å². The SMILES string of the molecule is C=CCNc1ccc(NS(=O)(=O)c2ccc(Br)cc2)nc1. The normalized spacial score (nSPS) is 10.9. The standard InChI is InChI=1S/C14H14BrN3O2S/c1-2-9-16-12-5-8-14(17-10-12)18-21(19,20)13-6-3-11(15)4-7-13/h2-8,10,16H,1,9H2,(H,17,18). The predicted molar refractivity (Wildman–Crippen MR) is 87.9 cm³/mol. The summed E-state index contributed by atoms with van der Waals surface area (Å²) < 4.78 is 27.6. The highest BCUT2D eigenvalue weighted by molar-refractivity contribution is 9.10. The Morgan fingerprint density at radius 2 is 1.90 bits per heavy atom. The topological polar surface area (TPSA) is 71.1 Å². The van der Waals surface area contributed by atoms with Gasteiger partial charge in [-0.1, -0.05) is 22.0 Å². The maximum atomic E-state index is 12.2. The number of nitrogens with zero attached hydrogens (tertiary/aromatic N) is 1. The van der Waals surface area contributed by atoms with Crippen molar-refractivity contribution in [3.8, 4) is 0 Å². The summed E-state index contributed by atoms with van der Waals surface area (Å²) in [6, 6.07) is 9.73. The van der Waals surface area contributed by atoms with Crippen molar-refractivity contribution in [1.82, 2.24) is 4.98 Å². The number of hydrogen-bond acceptors (Lipinski definition) is 4. The Morgan fingerprint density at radius 1 is 1.19 bits per heavy atom. The maximum absolute atomic E-state index is 12.2. The van der Waals surface area contributed by atoms with E-state index in [0.29, 0.717) is 6.54 Å². The van der Waals surface area contributed by atoms with Gasteiger partial charge in [0, 0.05) is 11.0 Å². The number of rotatable bonds is 6. The molecule has 0 saturated carbocycles. The summed E-state index contributed by atoms with van der Waals surface area (Å²) in [4.78, 5) is 4.25. The molecular formula is C14H14BrN3O2S. The van der Waals surface area contributed by atoms with Crippen molar-refractivity contribution < 1.29 is 8.42 Å². The molecule has 2 aromatic rings. The summed E-state index contributed by atoms with van der Waals surface area (Å²) in [5.74, 6) is 0.266. The number of aromatic nitrogens is 1. The van der Waals surface area contributed by atoms with Crippen molar-refractivity contribution in [2.24, 2.45) is 0 Å². The van der Waals surface area contributed by atoms with Gasteiger partial charge in [0.25, 0.3) is 10.0 Å². The van der Waals surface area contributed by atoms with Crippen LogP contribution in [0.2, 0.25) is 0 Å². The summed E-state index contributed by atoms with van der Waals surface area (Å²) in [5.41, 5.74) is 0.793. The molecule has 0 unspecified atom stereocenters. The van der Waals surface area contributed by atoms with Crippen LogP contribution >= 0.6 is 15.9 Å². The lowest BCUT2D eigenvalue weighted by molar-refractivity contribution is 0.601. The first-order valence-electron chi connectivity index (χ1n) is 6.10. The molecule has 2 N–H and O–H groups in total. The first-order chi connectivity index (χ1) is 10.0. The molecular weight excluding hydrogens is 354 g/mol. The lowest BCUT2D eigenvalue weighted by atomic mass is 10.4. The molecule has 0 saturated heterocycles. The van der Waals surface area contributed by atoms with Crippen LogP contribution in [0.1, 0.15) is 0 Å². The molecule has 21 heavy (non-hydrogen) atoms. The van der Waals surface area contributed by atoms with Crippen molar-refractivity contribution in [1.29, 1.82) is 0 Å². The van der Waals surface area contributed by atoms with Gasteiger partial charge in [-0.3, -0.25) is 4.72 Å². The molecule has 0 fully saturated rings. The van der Waals surface area contributed by atoms with Gasteiger partial charge in [-0.2, -0.15) is 0 Å². The summed E-state index contributed by atoms with van der Waals surface area (Å²) in [6.07, 6.45) is 3.28. The Kier molecular flexibility index (Phi) is 4.98. The average molecular weight is 368 g/mol. The minimum Gasteiger partial charge on any atom is -0.380 e. The van der Waals surface area contributed by atoms with E-state index in [9.17, 15) is 8.42 Å². The van der Waals surface area contributed by atoms with Crippen LogP contribution in [-0.2, 0) is 10.0 Å². The number of pyridine rings is 1. The van der Waals surface area contributed by atoms with Gasteiger partial charge in [-0.25, -0.2) is 13.4 Å². The van der Waals surface area contributed by atoms with Crippen molar-refractivity contribution in [3.63, 3.8) is 0 Å². The van der Waals surface area contributed by atoms with Crippen LogP contribution in [0.4, 0.5) is 11.5 Å². The molecule has 1 aromatic heterocycles. The Morgan fingerprint density at radius 3 is 2.48 bits per heavy atom. The summed E-state index contributed by atoms with van der Waals surface area (Å²) in [6.45, 7) is 4.22. The number of nitrogens with one attached hydrogen (secondary N) is 2. The molecule has 0 bridgehead atoms. The number of halogens is 1. The van der Waals surface area contributed by atoms with Gasteiger partial charge in [0.2, 0.25) is 0 Å². The fourth-order valence-corrected chi connectivity index (χ4v) is 2.83. The Bertz CT molecular complexity index is 713. The highest BCUT2D eigenvalue weighted by Crippen LogP contribution is 2.18. The Hall–Kier alpha value is -1.86. The molecule has 0 atom stereocenters. The van der Waals surface area contributed by atoms with E-state index < -0.39 is 10.0 Å². The van der Waals surface area contributed by atoms with E-state index in [2.05, 4.69) is 37.5 Å². The van der Waals surface area contributed by atoms with Gasteiger partial charge in [-0.05, 0) is 36.4 Å². The fourth-order valence-electron chi connectivity index (χ4n) is 1.56. The van der Waals surface area contributed by atoms with Gasteiger partial charge < -0.3 is 5.32 Å². The summed E-state index contributed by atoms with van der Waals surface area (Å²) in [5, 5.41) is 3.06. The lowest BCUT2D eigenvalue weighted by Crippen LogP contribution is -2.13. The molecule has 0 amide bonds. The quantitative estimate of drug-likeness (QED) is 0.768. The van der Waals surface area contributed by atoms with E-state index in [0.717, 1.165) is 10.2 Å². The van der Waals surface area contributed by atoms with Crippen molar-refractivity contribution in [3.05, 3.63) is 59.7 Å². The number of sulfonamides is 1. The zero-order valence-electron chi connectivity index (χ0n) is 11.1.